The van der Waals surface area contributed by atoms with E-state index in [1.54, 1.807) is 0 Å². The van der Waals surface area contributed by atoms with Crippen LogP contribution in [0.1, 0.15) is 5.56 Å². The van der Waals surface area contributed by atoms with E-state index in [1.807, 2.05) is 42.5 Å². The Morgan fingerprint density at radius 3 is 2.71 bits per heavy atom. The molecule has 0 N–H and O–H groups in total. The second-order valence-corrected chi connectivity index (χ2v) is 3.89. The predicted molar refractivity (Wildman–Crippen MR) is 70.1 cm³/mol. The lowest BCUT2D eigenvalue weighted by Crippen LogP contribution is -2.02. The maximum Gasteiger partial charge on any atom is 0.343 e. The monoisotopic (exact) mass is 222 g/mol. The molecule has 0 aliphatic carbocycles. The zero-order chi connectivity index (χ0) is 11.8. The summed E-state index contributed by atoms with van der Waals surface area (Å²) >= 11 is 0. The molecule has 2 nitrogen and oxygen atoms in total. The van der Waals surface area contributed by atoms with E-state index in [2.05, 4.69) is 6.58 Å². The van der Waals surface area contributed by atoms with Crippen molar-refractivity contribution in [2.45, 2.75) is 0 Å². The Hall–Kier alpha value is -2.35. The van der Waals surface area contributed by atoms with Crippen molar-refractivity contribution in [2.24, 2.45) is 0 Å². The van der Waals surface area contributed by atoms with Crippen molar-refractivity contribution in [2.75, 3.05) is 0 Å². The number of benzene rings is 2. The van der Waals surface area contributed by atoms with E-state index >= 15 is 0 Å². The van der Waals surface area contributed by atoms with Crippen molar-refractivity contribution in [3.8, 4) is 0 Å². The molecule has 0 amide bonds. The highest BCUT2D eigenvalue weighted by atomic mass is 16.4. The van der Waals surface area contributed by atoms with Gasteiger partial charge in [-0.15, -0.1) is 0 Å². The molecule has 0 saturated carbocycles. The summed E-state index contributed by atoms with van der Waals surface area (Å²) in [5.74, 6) is 0. The summed E-state index contributed by atoms with van der Waals surface area (Å²) in [7, 11) is 0. The molecule has 0 unspecified atom stereocenters. The quantitative estimate of drug-likeness (QED) is 0.465. The Balaban J connectivity index is 2.57. The van der Waals surface area contributed by atoms with Gasteiger partial charge in [0.05, 0.1) is 5.56 Å². The molecule has 2 heteroatoms. The van der Waals surface area contributed by atoms with Crippen molar-refractivity contribution in [3.63, 3.8) is 0 Å². The molecule has 17 heavy (non-hydrogen) atoms. The Bertz CT molecular complexity index is 782. The van der Waals surface area contributed by atoms with Gasteiger partial charge in [-0.05, 0) is 22.9 Å². The van der Waals surface area contributed by atoms with E-state index in [0.29, 0.717) is 11.1 Å². The highest BCUT2D eigenvalue weighted by molar-refractivity contribution is 6.05. The largest absolute Gasteiger partial charge is 0.422 e. The fourth-order valence-electron chi connectivity index (χ4n) is 2.03. The predicted octanol–water partition coefficient (Wildman–Crippen LogP) is 3.59. The third-order valence-corrected chi connectivity index (χ3v) is 2.89. The van der Waals surface area contributed by atoms with E-state index in [9.17, 15) is 4.79 Å². The Kier molecular flexibility index (Phi) is 2.08. The lowest BCUT2D eigenvalue weighted by molar-refractivity contribution is 0.559. The molecular weight excluding hydrogens is 212 g/mol. The van der Waals surface area contributed by atoms with Gasteiger partial charge in [0.1, 0.15) is 5.58 Å². The van der Waals surface area contributed by atoms with Crippen molar-refractivity contribution < 1.29 is 4.42 Å². The van der Waals surface area contributed by atoms with Crippen LogP contribution >= 0.6 is 0 Å². The molecule has 0 fully saturated rings. The minimum atomic E-state index is -0.345. The highest BCUT2D eigenvalue weighted by Crippen LogP contribution is 2.24. The fourth-order valence-corrected chi connectivity index (χ4v) is 2.03. The number of fused-ring (bicyclic) bond motifs is 3. The van der Waals surface area contributed by atoms with Gasteiger partial charge < -0.3 is 4.42 Å². The van der Waals surface area contributed by atoms with Crippen molar-refractivity contribution in [1.29, 1.82) is 0 Å². The van der Waals surface area contributed by atoms with Gasteiger partial charge in [0, 0.05) is 5.39 Å². The van der Waals surface area contributed by atoms with E-state index in [0.717, 1.165) is 16.2 Å². The van der Waals surface area contributed by atoms with Crippen LogP contribution in [0.25, 0.3) is 27.8 Å². The maximum absolute atomic E-state index is 11.6. The van der Waals surface area contributed by atoms with Crippen LogP contribution in [-0.4, -0.2) is 0 Å². The molecule has 0 saturated heterocycles. The minimum absolute atomic E-state index is 0.345. The summed E-state index contributed by atoms with van der Waals surface area (Å²) in [6.45, 7) is 3.62. The first kappa shape index (κ1) is 9.85. The molecule has 3 aromatic rings. The van der Waals surface area contributed by atoms with Gasteiger partial charge in [-0.2, -0.15) is 0 Å². The van der Waals surface area contributed by atoms with Gasteiger partial charge in [0.15, 0.2) is 0 Å². The zero-order valence-electron chi connectivity index (χ0n) is 9.14. The SMILES string of the molecule is C=Cc1cc2c(ccc3ccccc32)oc1=O. The van der Waals surface area contributed by atoms with Gasteiger partial charge in [-0.3, -0.25) is 0 Å². The molecule has 3 rings (SSSR count). The second-order valence-electron chi connectivity index (χ2n) is 3.89. The molecule has 0 bridgehead atoms. The van der Waals surface area contributed by atoms with Crippen LogP contribution in [0.3, 0.4) is 0 Å². The molecule has 0 radical (unpaired) electrons. The normalized spacial score (nSPS) is 10.8. The molecule has 1 aromatic heterocycles. The van der Waals surface area contributed by atoms with E-state index in [-0.39, 0.29) is 5.63 Å². The molecule has 82 valence electrons. The van der Waals surface area contributed by atoms with E-state index < -0.39 is 0 Å². The Morgan fingerprint density at radius 2 is 1.88 bits per heavy atom. The number of hydrogen-bond acceptors (Lipinski definition) is 2. The van der Waals surface area contributed by atoms with Crippen molar-refractivity contribution in [3.05, 3.63) is 65.0 Å². The summed E-state index contributed by atoms with van der Waals surface area (Å²) < 4.78 is 5.26. The summed E-state index contributed by atoms with van der Waals surface area (Å²) in [5, 5.41) is 3.15. The fraction of sp³-hybridized carbons (Fsp3) is 0. The second kappa shape index (κ2) is 3.59. The van der Waals surface area contributed by atoms with Gasteiger partial charge in [0.25, 0.3) is 0 Å². The van der Waals surface area contributed by atoms with Gasteiger partial charge >= 0.3 is 5.63 Å². The van der Waals surface area contributed by atoms with Gasteiger partial charge in [-0.25, -0.2) is 4.79 Å². The van der Waals surface area contributed by atoms with Crippen LogP contribution in [0, 0.1) is 0 Å². The molecule has 0 aliphatic rings. The molecule has 1 heterocycles. The first-order valence-corrected chi connectivity index (χ1v) is 5.37. The summed E-state index contributed by atoms with van der Waals surface area (Å²) in [4.78, 5) is 11.6. The lowest BCUT2D eigenvalue weighted by atomic mass is 10.0. The molecule has 0 atom stereocenters. The smallest absolute Gasteiger partial charge is 0.343 e. The van der Waals surface area contributed by atoms with Crippen molar-refractivity contribution >= 4 is 27.8 Å². The van der Waals surface area contributed by atoms with Gasteiger partial charge in [0.2, 0.25) is 0 Å². The average Bonchev–Trinajstić information content (AvgIpc) is 2.37. The van der Waals surface area contributed by atoms with Crippen LogP contribution in [0.5, 0.6) is 0 Å². The highest BCUT2D eigenvalue weighted by Gasteiger charge is 2.05. The first-order chi connectivity index (χ1) is 8.29. The number of hydrogen-bond donors (Lipinski definition) is 0. The van der Waals surface area contributed by atoms with Crippen LogP contribution in [0.15, 0.2) is 58.3 Å². The summed E-state index contributed by atoms with van der Waals surface area (Å²) in [6, 6.07) is 13.6. The minimum Gasteiger partial charge on any atom is -0.422 e. The first-order valence-electron chi connectivity index (χ1n) is 5.37. The standard InChI is InChI=1S/C15H10O2/c1-2-10-9-13-12-6-4-3-5-11(12)7-8-14(13)17-15(10)16/h2-9H,1H2. The van der Waals surface area contributed by atoms with Crippen molar-refractivity contribution in [1.82, 2.24) is 0 Å². The zero-order valence-corrected chi connectivity index (χ0v) is 9.14. The Labute approximate surface area is 97.8 Å². The van der Waals surface area contributed by atoms with Crippen LogP contribution in [0.4, 0.5) is 0 Å². The summed E-state index contributed by atoms with van der Waals surface area (Å²) in [5.41, 5.74) is 0.760. The van der Waals surface area contributed by atoms with Crippen LogP contribution < -0.4 is 5.63 Å². The molecule has 0 spiro atoms. The molecule has 0 aliphatic heterocycles. The molecule has 2 aromatic carbocycles. The maximum atomic E-state index is 11.6. The topological polar surface area (TPSA) is 30.2 Å². The molecular formula is C15H10O2. The van der Waals surface area contributed by atoms with E-state index in [4.69, 9.17) is 4.42 Å². The Morgan fingerprint density at radius 1 is 1.06 bits per heavy atom. The number of rotatable bonds is 1. The lowest BCUT2D eigenvalue weighted by Gasteiger charge is -2.03. The van der Waals surface area contributed by atoms with Crippen LogP contribution in [0.2, 0.25) is 0 Å². The van der Waals surface area contributed by atoms with Gasteiger partial charge in [-0.1, -0.05) is 43.0 Å². The average molecular weight is 222 g/mol. The third kappa shape index (κ3) is 1.46. The summed E-state index contributed by atoms with van der Waals surface area (Å²) in [6.07, 6.45) is 1.52. The van der Waals surface area contributed by atoms with E-state index in [1.165, 1.54) is 6.08 Å². The van der Waals surface area contributed by atoms with Crippen LogP contribution in [-0.2, 0) is 0 Å². The third-order valence-electron chi connectivity index (χ3n) is 2.89.